The van der Waals surface area contributed by atoms with Gasteiger partial charge in [0.1, 0.15) is 35.5 Å². The molecule has 0 radical (unpaired) electrons. The van der Waals surface area contributed by atoms with Crippen LogP contribution in [0.1, 0.15) is 25.1 Å². The summed E-state index contributed by atoms with van der Waals surface area (Å²) in [6.07, 6.45) is 2.89. The van der Waals surface area contributed by atoms with Crippen molar-refractivity contribution in [2.24, 2.45) is 0 Å². The monoisotopic (exact) mass is 431 g/mol. The number of carbonyl (C=O) groups excluding carboxylic acids is 1. The van der Waals surface area contributed by atoms with E-state index in [1.54, 1.807) is 48.3 Å². The first kappa shape index (κ1) is 19.0. The molecule has 2 aliphatic rings. The predicted molar refractivity (Wildman–Crippen MR) is 104 cm³/mol. The van der Waals surface area contributed by atoms with Crippen LogP contribution in [0.2, 0.25) is 5.28 Å². The Morgan fingerprint density at radius 2 is 2.30 bits per heavy atom. The predicted octanol–water partition coefficient (Wildman–Crippen LogP) is 2.21. The molecule has 1 saturated heterocycles. The van der Waals surface area contributed by atoms with E-state index in [-0.39, 0.29) is 24.1 Å². The molecule has 3 aromatic heterocycles. The van der Waals surface area contributed by atoms with Crippen molar-refractivity contribution < 1.29 is 24.1 Å². The normalized spacial score (nSPS) is 29.6. The zero-order valence-electron chi connectivity index (χ0n) is 15.9. The average molecular weight is 432 g/mol. The van der Waals surface area contributed by atoms with Crippen LogP contribution in [0.15, 0.2) is 36.8 Å². The van der Waals surface area contributed by atoms with Crippen LogP contribution in [0, 0.1) is 0 Å². The molecule has 156 valence electrons. The van der Waals surface area contributed by atoms with Gasteiger partial charge in [-0.15, -0.1) is 0 Å². The van der Waals surface area contributed by atoms with Crippen LogP contribution in [0.3, 0.4) is 0 Å². The fourth-order valence-electron chi connectivity index (χ4n) is 4.05. The van der Waals surface area contributed by atoms with Gasteiger partial charge in [0.2, 0.25) is 5.28 Å². The Balaban J connectivity index is 1.27. The highest BCUT2D eigenvalue weighted by atomic mass is 35.5. The first-order valence-corrected chi connectivity index (χ1v) is 9.62. The fourth-order valence-corrected chi connectivity index (χ4v) is 4.22. The number of pyridine rings is 1. The number of rotatable bonds is 4. The number of fused-ring (bicyclic) bond motifs is 2. The Hall–Kier alpha value is -2.95. The molecule has 3 aromatic rings. The molecule has 2 fully saturated rings. The first-order valence-electron chi connectivity index (χ1n) is 9.24. The molecule has 1 aliphatic carbocycles. The first-order chi connectivity index (χ1) is 14.3. The van der Waals surface area contributed by atoms with Gasteiger partial charge in [-0.3, -0.25) is 4.98 Å². The maximum absolute atomic E-state index is 12.1. The number of aromatic nitrogens is 4. The van der Waals surface area contributed by atoms with Gasteiger partial charge < -0.3 is 29.6 Å². The molecule has 5 rings (SSSR count). The number of hydrogen-bond acceptors (Lipinski definition) is 9. The van der Waals surface area contributed by atoms with E-state index in [0.717, 1.165) is 5.56 Å². The van der Waals surface area contributed by atoms with Crippen molar-refractivity contribution in [2.75, 3.05) is 5.73 Å². The van der Waals surface area contributed by atoms with Crippen molar-refractivity contribution in [1.29, 1.82) is 0 Å². The maximum Gasteiger partial charge on any atom is 0.509 e. The van der Waals surface area contributed by atoms with E-state index in [1.165, 1.54) is 0 Å². The summed E-state index contributed by atoms with van der Waals surface area (Å²) >= 11 is 5.93. The second-order valence-electron chi connectivity index (χ2n) is 7.54. The van der Waals surface area contributed by atoms with Gasteiger partial charge in [-0.25, -0.2) is 9.78 Å². The quantitative estimate of drug-likeness (QED) is 0.470. The van der Waals surface area contributed by atoms with Crippen LogP contribution in [0.5, 0.6) is 0 Å². The van der Waals surface area contributed by atoms with E-state index < -0.39 is 29.7 Å². The SMILES string of the molecule is C[C@]12O[C@@H](n3ccc4c(N)nc(Cl)nc43)C[C@@]1(O)C2OC(=O)OCc1cccnc1. The third kappa shape index (κ3) is 2.79. The van der Waals surface area contributed by atoms with Gasteiger partial charge >= 0.3 is 6.16 Å². The number of nitrogens with two attached hydrogens (primary N) is 1. The van der Waals surface area contributed by atoms with Gasteiger partial charge in [0, 0.05) is 30.6 Å². The number of nitrogen functional groups attached to an aromatic ring is 1. The van der Waals surface area contributed by atoms with E-state index in [9.17, 15) is 9.90 Å². The highest BCUT2D eigenvalue weighted by molar-refractivity contribution is 6.28. The molecule has 3 N–H and O–H groups in total. The highest BCUT2D eigenvalue weighted by Crippen LogP contribution is 2.63. The molecule has 30 heavy (non-hydrogen) atoms. The smallest absolute Gasteiger partial charge is 0.429 e. The Morgan fingerprint density at radius 3 is 3.00 bits per heavy atom. The van der Waals surface area contributed by atoms with Crippen LogP contribution < -0.4 is 5.73 Å². The van der Waals surface area contributed by atoms with Gasteiger partial charge in [0.05, 0.1) is 5.39 Å². The van der Waals surface area contributed by atoms with Crippen LogP contribution in [0.25, 0.3) is 11.0 Å². The van der Waals surface area contributed by atoms with Gasteiger partial charge in [-0.1, -0.05) is 6.07 Å². The lowest BCUT2D eigenvalue weighted by molar-refractivity contribution is -0.0678. The summed E-state index contributed by atoms with van der Waals surface area (Å²) in [5.41, 5.74) is 4.71. The van der Waals surface area contributed by atoms with Crippen molar-refractivity contribution in [3.05, 3.63) is 47.6 Å². The summed E-state index contributed by atoms with van der Waals surface area (Å²) < 4.78 is 18.2. The van der Waals surface area contributed by atoms with Crippen molar-refractivity contribution in [3.63, 3.8) is 0 Å². The number of hydrogen-bond donors (Lipinski definition) is 2. The number of carbonyl (C=O) groups is 1. The lowest BCUT2D eigenvalue weighted by Crippen LogP contribution is -2.24. The summed E-state index contributed by atoms with van der Waals surface area (Å²) in [6.45, 7) is 1.71. The molecule has 10 nitrogen and oxygen atoms in total. The summed E-state index contributed by atoms with van der Waals surface area (Å²) in [4.78, 5) is 24.2. The van der Waals surface area contributed by atoms with Crippen molar-refractivity contribution in [2.45, 2.75) is 43.5 Å². The topological polar surface area (TPSA) is 135 Å². The van der Waals surface area contributed by atoms with Crippen LogP contribution in [-0.4, -0.2) is 48.1 Å². The van der Waals surface area contributed by atoms with Gasteiger partial charge in [-0.2, -0.15) is 4.98 Å². The van der Waals surface area contributed by atoms with Crippen molar-refractivity contribution in [3.8, 4) is 0 Å². The molecule has 4 heterocycles. The van der Waals surface area contributed by atoms with E-state index in [2.05, 4.69) is 15.0 Å². The molecule has 11 heteroatoms. The fraction of sp³-hybridized carbons (Fsp3) is 0.368. The van der Waals surface area contributed by atoms with E-state index in [0.29, 0.717) is 11.0 Å². The molecule has 1 saturated carbocycles. The molecular weight excluding hydrogens is 414 g/mol. The minimum Gasteiger partial charge on any atom is -0.429 e. The van der Waals surface area contributed by atoms with Crippen molar-refractivity contribution in [1.82, 2.24) is 19.5 Å². The van der Waals surface area contributed by atoms with Crippen LogP contribution in [0.4, 0.5) is 10.6 Å². The van der Waals surface area contributed by atoms with E-state index in [4.69, 9.17) is 31.5 Å². The van der Waals surface area contributed by atoms with Crippen LogP contribution in [-0.2, 0) is 20.8 Å². The summed E-state index contributed by atoms with van der Waals surface area (Å²) in [5.74, 6) is 0.259. The lowest BCUT2D eigenvalue weighted by Gasteiger charge is -2.20. The molecule has 0 amide bonds. The molecule has 0 bridgehead atoms. The minimum atomic E-state index is -1.34. The number of aliphatic hydroxyl groups is 1. The second-order valence-corrected chi connectivity index (χ2v) is 7.88. The van der Waals surface area contributed by atoms with E-state index in [1.807, 2.05) is 0 Å². The second kappa shape index (κ2) is 6.53. The number of anilines is 1. The Kier molecular flexibility index (Phi) is 4.14. The lowest BCUT2D eigenvalue weighted by atomic mass is 10.2. The van der Waals surface area contributed by atoms with Crippen LogP contribution >= 0.6 is 11.6 Å². The molecule has 0 spiro atoms. The highest BCUT2D eigenvalue weighted by Gasteiger charge is 2.83. The third-order valence-electron chi connectivity index (χ3n) is 5.75. The molecular formula is C19H18ClN5O5. The molecule has 0 aromatic carbocycles. The summed E-state index contributed by atoms with van der Waals surface area (Å²) in [5, 5.41) is 11.7. The van der Waals surface area contributed by atoms with Crippen molar-refractivity contribution >= 4 is 34.6 Å². The average Bonchev–Trinajstić information content (AvgIpc) is 3.05. The van der Waals surface area contributed by atoms with Gasteiger partial charge in [0.25, 0.3) is 0 Å². The Labute approximate surface area is 175 Å². The summed E-state index contributed by atoms with van der Waals surface area (Å²) in [7, 11) is 0. The largest absolute Gasteiger partial charge is 0.509 e. The van der Waals surface area contributed by atoms with Gasteiger partial charge in [-0.05, 0) is 30.7 Å². The number of nitrogens with zero attached hydrogens (tertiary/aromatic N) is 4. The maximum atomic E-state index is 12.1. The molecule has 1 unspecified atom stereocenters. The minimum absolute atomic E-state index is 0.0191. The van der Waals surface area contributed by atoms with E-state index >= 15 is 0 Å². The molecule has 4 atom stereocenters. The zero-order chi connectivity index (χ0) is 21.1. The Bertz CT molecular complexity index is 1120. The standard InChI is InChI=1S/C19H18ClN5O5/c1-18-15(29-17(26)28-9-10-3-2-5-22-8-10)19(18,27)7-12(30-18)25-6-4-11-13(21)23-16(20)24-14(11)25/h2-6,8,12,15,27H,7,9H2,1H3,(H2,21,23,24)/t12-,15?,18-,19-/m1/s1. The number of halogens is 1. The zero-order valence-corrected chi connectivity index (χ0v) is 16.6. The number of ether oxygens (including phenoxy) is 3. The summed E-state index contributed by atoms with van der Waals surface area (Å²) in [6, 6.07) is 5.27. The van der Waals surface area contributed by atoms with Gasteiger partial charge in [0.15, 0.2) is 6.10 Å². The molecule has 1 aliphatic heterocycles. The Morgan fingerprint density at radius 1 is 1.47 bits per heavy atom. The third-order valence-corrected chi connectivity index (χ3v) is 5.92.